The van der Waals surface area contributed by atoms with Gasteiger partial charge in [0, 0.05) is 31.1 Å². The van der Waals surface area contributed by atoms with Crippen LogP contribution in [0.15, 0.2) is 54.9 Å². The first kappa shape index (κ1) is 20.3. The Bertz CT molecular complexity index is 993. The topological polar surface area (TPSA) is 85.2 Å². The van der Waals surface area contributed by atoms with Crippen LogP contribution >= 0.6 is 12.4 Å². The molecule has 3 heterocycles. The molecule has 2 saturated heterocycles. The molecule has 0 unspecified atom stereocenters. The second kappa shape index (κ2) is 8.41. The van der Waals surface area contributed by atoms with Crippen LogP contribution in [0.4, 0.5) is 0 Å². The van der Waals surface area contributed by atoms with Gasteiger partial charge in [-0.2, -0.15) is 0 Å². The molecular formula is C21H23ClN6O2. The third kappa shape index (κ3) is 3.53. The summed E-state index contributed by atoms with van der Waals surface area (Å²) in [6, 6.07) is 15.6. The van der Waals surface area contributed by atoms with Crippen LogP contribution in [0.5, 0.6) is 5.75 Å². The molecule has 3 atom stereocenters. The van der Waals surface area contributed by atoms with E-state index in [4.69, 9.17) is 4.74 Å². The molecule has 2 aliphatic heterocycles. The van der Waals surface area contributed by atoms with Gasteiger partial charge in [-0.05, 0) is 58.3 Å². The van der Waals surface area contributed by atoms with E-state index in [0.29, 0.717) is 17.4 Å². The number of fused-ring (bicyclic) bond motifs is 1. The van der Waals surface area contributed by atoms with Crippen LogP contribution in [-0.4, -0.2) is 57.8 Å². The highest BCUT2D eigenvalue weighted by atomic mass is 35.5. The third-order valence-electron chi connectivity index (χ3n) is 6.01. The van der Waals surface area contributed by atoms with E-state index in [1.165, 1.54) is 6.33 Å². The number of rotatable bonds is 4. The normalized spacial score (nSPS) is 22.4. The summed E-state index contributed by atoms with van der Waals surface area (Å²) in [7, 11) is 1.66. The molecule has 156 valence electrons. The summed E-state index contributed by atoms with van der Waals surface area (Å²) < 4.78 is 6.86. The molecule has 1 N–H and O–H groups in total. The quantitative estimate of drug-likeness (QED) is 0.687. The number of amides is 1. The van der Waals surface area contributed by atoms with Crippen molar-refractivity contribution in [2.24, 2.45) is 11.8 Å². The van der Waals surface area contributed by atoms with Crippen LogP contribution in [0, 0.1) is 11.8 Å². The maximum Gasteiger partial charge on any atom is 0.254 e. The minimum Gasteiger partial charge on any atom is -0.497 e. The summed E-state index contributed by atoms with van der Waals surface area (Å²) in [5, 5.41) is 14.7. The van der Waals surface area contributed by atoms with Crippen LogP contribution in [0.3, 0.4) is 0 Å². The van der Waals surface area contributed by atoms with Gasteiger partial charge in [-0.1, -0.05) is 12.1 Å². The van der Waals surface area contributed by atoms with Gasteiger partial charge in [0.15, 0.2) is 0 Å². The lowest BCUT2D eigenvalue weighted by molar-refractivity contribution is 0.0714. The number of likely N-dealkylation sites (tertiary alicyclic amines) is 1. The Kier molecular flexibility index (Phi) is 5.69. The highest BCUT2D eigenvalue weighted by Gasteiger charge is 2.46. The van der Waals surface area contributed by atoms with E-state index in [1.54, 1.807) is 11.8 Å². The second-order valence-electron chi connectivity index (χ2n) is 7.56. The van der Waals surface area contributed by atoms with Gasteiger partial charge in [-0.15, -0.1) is 17.5 Å². The van der Waals surface area contributed by atoms with Crippen molar-refractivity contribution in [3.05, 3.63) is 66.0 Å². The smallest absolute Gasteiger partial charge is 0.254 e. The molecule has 1 aromatic heterocycles. The van der Waals surface area contributed by atoms with Gasteiger partial charge in [0.05, 0.1) is 18.8 Å². The van der Waals surface area contributed by atoms with Crippen LogP contribution in [0.2, 0.25) is 0 Å². The van der Waals surface area contributed by atoms with Crippen molar-refractivity contribution in [3.8, 4) is 11.4 Å². The van der Waals surface area contributed by atoms with E-state index in [2.05, 4.69) is 33.0 Å². The fourth-order valence-electron chi connectivity index (χ4n) is 4.56. The van der Waals surface area contributed by atoms with Crippen molar-refractivity contribution in [1.29, 1.82) is 0 Å². The number of nitrogens with one attached hydrogen (secondary N) is 1. The Hall–Kier alpha value is -2.97. The number of benzene rings is 2. The van der Waals surface area contributed by atoms with Crippen LogP contribution < -0.4 is 10.1 Å². The van der Waals surface area contributed by atoms with Crippen molar-refractivity contribution in [1.82, 2.24) is 30.4 Å². The maximum absolute atomic E-state index is 13.4. The second-order valence-corrected chi connectivity index (χ2v) is 7.56. The van der Waals surface area contributed by atoms with E-state index in [1.807, 2.05) is 41.3 Å². The van der Waals surface area contributed by atoms with E-state index < -0.39 is 0 Å². The molecule has 2 aromatic carbocycles. The fraction of sp³-hybridized carbons (Fsp3) is 0.333. The largest absolute Gasteiger partial charge is 0.497 e. The Morgan fingerprint density at radius 3 is 2.53 bits per heavy atom. The van der Waals surface area contributed by atoms with Crippen molar-refractivity contribution in [3.63, 3.8) is 0 Å². The average molecular weight is 427 g/mol. The fourth-order valence-corrected chi connectivity index (χ4v) is 4.56. The van der Waals surface area contributed by atoms with Gasteiger partial charge >= 0.3 is 0 Å². The van der Waals surface area contributed by atoms with Gasteiger partial charge in [0.1, 0.15) is 12.1 Å². The summed E-state index contributed by atoms with van der Waals surface area (Å²) in [5.41, 5.74) is 2.65. The molecular weight excluding hydrogens is 404 g/mol. The maximum atomic E-state index is 13.4. The highest BCUT2D eigenvalue weighted by molar-refractivity contribution is 5.95. The first-order valence-corrected chi connectivity index (χ1v) is 9.73. The summed E-state index contributed by atoms with van der Waals surface area (Å²) >= 11 is 0. The standard InChI is InChI=1S/C21H22N6O2.ClH/c1-29-18-8-4-14(5-9-18)20-19-11-22-10-16(19)12-26(20)21(28)15-2-6-17(7-3-15)27-13-23-24-25-27;/h2-9,13,16,19-20,22H,10-12H2,1H3;1H/t16-,19-,20-;/m0./s1. The number of carbonyl (C=O) groups is 1. The Balaban J connectivity index is 0.00000218. The first-order chi connectivity index (χ1) is 14.2. The number of hydrogen-bond acceptors (Lipinski definition) is 6. The molecule has 0 saturated carbocycles. The molecule has 9 heteroatoms. The molecule has 8 nitrogen and oxygen atoms in total. The molecule has 0 spiro atoms. The molecule has 2 aliphatic rings. The molecule has 0 aliphatic carbocycles. The number of ether oxygens (including phenoxy) is 1. The minimum absolute atomic E-state index is 0. The lowest BCUT2D eigenvalue weighted by Gasteiger charge is -2.28. The Morgan fingerprint density at radius 1 is 1.10 bits per heavy atom. The van der Waals surface area contributed by atoms with Crippen molar-refractivity contribution < 1.29 is 9.53 Å². The summed E-state index contributed by atoms with van der Waals surface area (Å²) in [6.07, 6.45) is 1.53. The van der Waals surface area contributed by atoms with Gasteiger partial charge in [0.2, 0.25) is 0 Å². The third-order valence-corrected chi connectivity index (χ3v) is 6.01. The average Bonchev–Trinajstić information content (AvgIpc) is 3.51. The molecule has 2 fully saturated rings. The van der Waals surface area contributed by atoms with E-state index >= 15 is 0 Å². The molecule has 1 amide bonds. The minimum atomic E-state index is 0. The van der Waals surface area contributed by atoms with Crippen molar-refractivity contribution >= 4 is 18.3 Å². The predicted octanol–water partition coefficient (Wildman–Crippen LogP) is 2.13. The monoisotopic (exact) mass is 426 g/mol. The molecule has 0 radical (unpaired) electrons. The number of nitrogens with zero attached hydrogens (tertiary/aromatic N) is 5. The molecule has 0 bridgehead atoms. The lowest BCUT2D eigenvalue weighted by atomic mass is 9.89. The van der Waals surface area contributed by atoms with E-state index in [-0.39, 0.29) is 24.4 Å². The zero-order chi connectivity index (χ0) is 19.8. The van der Waals surface area contributed by atoms with Crippen molar-refractivity contribution in [2.45, 2.75) is 6.04 Å². The van der Waals surface area contributed by atoms with Gasteiger partial charge in [-0.25, -0.2) is 4.68 Å². The Labute approximate surface area is 180 Å². The first-order valence-electron chi connectivity index (χ1n) is 9.73. The predicted molar refractivity (Wildman–Crippen MR) is 113 cm³/mol. The van der Waals surface area contributed by atoms with Gasteiger partial charge in [-0.3, -0.25) is 4.79 Å². The zero-order valence-electron chi connectivity index (χ0n) is 16.5. The number of aromatic nitrogens is 4. The van der Waals surface area contributed by atoms with Crippen LogP contribution in [-0.2, 0) is 0 Å². The SMILES string of the molecule is COc1ccc([C@H]2[C@H]3CNC[C@H]3CN2C(=O)c2ccc(-n3cnnn3)cc2)cc1.Cl. The summed E-state index contributed by atoms with van der Waals surface area (Å²) in [6.45, 7) is 2.66. The number of tetrazole rings is 1. The molecule has 30 heavy (non-hydrogen) atoms. The van der Waals surface area contributed by atoms with Crippen molar-refractivity contribution in [2.75, 3.05) is 26.7 Å². The number of halogens is 1. The lowest BCUT2D eigenvalue weighted by Crippen LogP contribution is -2.34. The summed E-state index contributed by atoms with van der Waals surface area (Å²) in [5.74, 6) is 1.78. The molecule has 3 aromatic rings. The Morgan fingerprint density at radius 2 is 1.87 bits per heavy atom. The molecule has 5 rings (SSSR count). The van der Waals surface area contributed by atoms with Crippen LogP contribution in [0.1, 0.15) is 22.0 Å². The number of methoxy groups -OCH3 is 1. The summed E-state index contributed by atoms with van der Waals surface area (Å²) in [4.78, 5) is 15.4. The highest BCUT2D eigenvalue weighted by Crippen LogP contribution is 2.43. The number of hydrogen-bond donors (Lipinski definition) is 1. The number of carbonyl (C=O) groups excluding carboxylic acids is 1. The zero-order valence-corrected chi connectivity index (χ0v) is 17.3. The van der Waals surface area contributed by atoms with Gasteiger partial charge < -0.3 is 15.0 Å². The van der Waals surface area contributed by atoms with E-state index in [9.17, 15) is 4.79 Å². The van der Waals surface area contributed by atoms with Gasteiger partial charge in [0.25, 0.3) is 5.91 Å². The van der Waals surface area contributed by atoms with E-state index in [0.717, 1.165) is 36.6 Å². The van der Waals surface area contributed by atoms with Crippen LogP contribution in [0.25, 0.3) is 5.69 Å².